The van der Waals surface area contributed by atoms with Crippen LogP contribution < -0.4 is 9.80 Å². The zero-order chi connectivity index (χ0) is 25.9. The zero-order valence-electron chi connectivity index (χ0n) is 21.9. The van der Waals surface area contributed by atoms with Crippen LogP contribution in [0.25, 0.3) is 0 Å². The quantitative estimate of drug-likeness (QED) is 0.468. The first-order valence-electron chi connectivity index (χ1n) is 13.7. The Balaban J connectivity index is 1.43. The second-order valence-electron chi connectivity index (χ2n) is 10.6. The normalized spacial score (nSPS) is 21.0. The van der Waals surface area contributed by atoms with Crippen LogP contribution in [0.5, 0.6) is 0 Å². The fraction of sp³-hybridized carbons (Fsp3) is 0.552. The topological polar surface area (TPSA) is 52.0 Å². The van der Waals surface area contributed by atoms with E-state index in [1.54, 1.807) is 6.07 Å². The van der Waals surface area contributed by atoms with Gasteiger partial charge in [-0.05, 0) is 73.9 Å². The molecule has 1 saturated heterocycles. The summed E-state index contributed by atoms with van der Waals surface area (Å²) >= 11 is 6.46. The largest absolute Gasteiger partial charge is 0.357 e. The van der Waals surface area contributed by atoms with E-state index < -0.39 is 0 Å². The first-order valence-corrected chi connectivity index (χ1v) is 14.0. The highest BCUT2D eigenvalue weighted by Crippen LogP contribution is 2.38. The van der Waals surface area contributed by atoms with E-state index >= 15 is 0 Å². The maximum atomic E-state index is 13.4. The number of piperidine rings is 1. The molecular formula is C29H37ClFN5O. The molecule has 0 spiro atoms. The molecule has 1 amide bonds. The molecule has 37 heavy (non-hydrogen) atoms. The van der Waals surface area contributed by atoms with E-state index in [4.69, 9.17) is 16.6 Å². The number of hydrogen-bond acceptors (Lipinski definition) is 4. The lowest BCUT2D eigenvalue weighted by Gasteiger charge is -2.43. The lowest BCUT2D eigenvalue weighted by atomic mass is 9.84. The van der Waals surface area contributed by atoms with Crippen molar-refractivity contribution in [3.05, 3.63) is 52.9 Å². The average Bonchev–Trinajstić information content (AvgIpc) is 3.03. The van der Waals surface area contributed by atoms with E-state index in [2.05, 4.69) is 27.8 Å². The van der Waals surface area contributed by atoms with E-state index in [-0.39, 0.29) is 23.7 Å². The Morgan fingerprint density at radius 1 is 1.16 bits per heavy atom. The molecule has 2 aromatic rings. The van der Waals surface area contributed by atoms with E-state index in [1.807, 2.05) is 24.1 Å². The van der Waals surface area contributed by atoms with Gasteiger partial charge in [0, 0.05) is 49.4 Å². The van der Waals surface area contributed by atoms with Gasteiger partial charge in [-0.1, -0.05) is 31.4 Å². The molecule has 0 bridgehead atoms. The molecule has 3 heterocycles. The summed E-state index contributed by atoms with van der Waals surface area (Å²) in [5, 5.41) is 0.693. The Kier molecular flexibility index (Phi) is 7.98. The van der Waals surface area contributed by atoms with Gasteiger partial charge in [0.1, 0.15) is 17.5 Å². The van der Waals surface area contributed by atoms with Crippen LogP contribution in [0.3, 0.4) is 0 Å². The fourth-order valence-corrected chi connectivity index (χ4v) is 6.32. The molecule has 3 aliphatic rings. The molecule has 0 radical (unpaired) electrons. The summed E-state index contributed by atoms with van der Waals surface area (Å²) in [6.45, 7) is 5.09. The van der Waals surface area contributed by atoms with Crippen molar-refractivity contribution in [2.24, 2.45) is 16.8 Å². The van der Waals surface area contributed by atoms with E-state index in [1.165, 1.54) is 12.3 Å². The number of nitrogens with zero attached hydrogens (tertiary/aromatic N) is 5. The van der Waals surface area contributed by atoms with Crippen LogP contribution in [0.4, 0.5) is 15.9 Å². The van der Waals surface area contributed by atoms with Gasteiger partial charge in [-0.3, -0.25) is 9.79 Å². The number of pyridine rings is 1. The maximum absolute atomic E-state index is 13.4. The maximum Gasteiger partial charge on any atom is 0.226 e. The molecule has 1 unspecified atom stereocenters. The minimum atomic E-state index is -0.308. The molecule has 1 aliphatic carbocycles. The number of anilines is 2. The summed E-state index contributed by atoms with van der Waals surface area (Å²) in [4.78, 5) is 29.1. The van der Waals surface area contributed by atoms with Gasteiger partial charge in [-0.2, -0.15) is 0 Å². The molecule has 8 heteroatoms. The number of carbonyl (C=O) groups is 1. The predicted molar refractivity (Wildman–Crippen MR) is 148 cm³/mol. The first-order chi connectivity index (χ1) is 18.0. The summed E-state index contributed by atoms with van der Waals surface area (Å²) in [7, 11) is 1.85. The van der Waals surface area contributed by atoms with Gasteiger partial charge in [-0.25, -0.2) is 9.37 Å². The smallest absolute Gasteiger partial charge is 0.226 e. The van der Waals surface area contributed by atoms with Crippen LogP contribution >= 0.6 is 11.6 Å². The number of aromatic nitrogens is 1. The number of halogens is 2. The Bertz CT molecular complexity index is 1130. The highest BCUT2D eigenvalue weighted by Gasteiger charge is 2.38. The first kappa shape index (κ1) is 26.0. The third-order valence-corrected chi connectivity index (χ3v) is 8.57. The average molecular weight is 526 g/mol. The van der Waals surface area contributed by atoms with Crippen molar-refractivity contribution in [2.75, 3.05) is 36.5 Å². The van der Waals surface area contributed by atoms with E-state index in [0.29, 0.717) is 24.0 Å². The van der Waals surface area contributed by atoms with Gasteiger partial charge >= 0.3 is 0 Å². The number of carbonyl (C=O) groups excluding carboxylic acids is 1. The predicted octanol–water partition coefficient (Wildman–Crippen LogP) is 5.94. The third-order valence-electron chi connectivity index (χ3n) is 8.33. The van der Waals surface area contributed by atoms with Crippen LogP contribution in [-0.4, -0.2) is 54.4 Å². The van der Waals surface area contributed by atoms with Crippen molar-refractivity contribution in [3.8, 4) is 0 Å². The van der Waals surface area contributed by atoms with Gasteiger partial charge in [0.25, 0.3) is 0 Å². The highest BCUT2D eigenvalue weighted by molar-refractivity contribution is 6.30. The minimum absolute atomic E-state index is 0.142. The molecule has 1 saturated carbocycles. The molecule has 198 valence electrons. The van der Waals surface area contributed by atoms with Crippen molar-refractivity contribution >= 4 is 34.8 Å². The zero-order valence-corrected chi connectivity index (χ0v) is 22.6. The van der Waals surface area contributed by atoms with Crippen LogP contribution in [-0.2, 0) is 11.3 Å². The van der Waals surface area contributed by atoms with Crippen molar-refractivity contribution in [1.82, 2.24) is 9.88 Å². The van der Waals surface area contributed by atoms with Crippen molar-refractivity contribution < 1.29 is 9.18 Å². The van der Waals surface area contributed by atoms with Gasteiger partial charge in [0.05, 0.1) is 12.7 Å². The monoisotopic (exact) mass is 525 g/mol. The highest BCUT2D eigenvalue weighted by atomic mass is 35.5. The molecule has 2 aliphatic heterocycles. The van der Waals surface area contributed by atoms with Gasteiger partial charge < -0.3 is 14.7 Å². The lowest BCUT2D eigenvalue weighted by molar-refractivity contribution is -0.137. The molecule has 2 fully saturated rings. The van der Waals surface area contributed by atoms with Crippen molar-refractivity contribution in [2.45, 2.75) is 64.5 Å². The number of rotatable bonds is 6. The number of amides is 1. The van der Waals surface area contributed by atoms with Crippen LogP contribution in [0.2, 0.25) is 5.02 Å². The molecule has 1 aromatic heterocycles. The van der Waals surface area contributed by atoms with Gasteiger partial charge in [0.15, 0.2) is 0 Å². The fourth-order valence-electron chi connectivity index (χ4n) is 6.12. The standard InChI is InChI=1S/C29H37ClFN5O/c1-3-5-25(20-12-14-34(15-13-20)27-11-9-24(31)17-33-27)36-26-10-8-23(30)16-22(26)18-35(19-28(36)32-2)29(37)21-6-4-7-21/h8-11,16-17,20-21,25H,3-7,12-15,18-19H2,1-2H3/b32-28-. The Labute approximate surface area is 224 Å². The summed E-state index contributed by atoms with van der Waals surface area (Å²) in [5.41, 5.74) is 2.21. The van der Waals surface area contributed by atoms with Gasteiger partial charge in [0.2, 0.25) is 5.91 Å². The summed E-state index contributed by atoms with van der Waals surface area (Å²) in [6.07, 6.45) is 8.54. The molecular weight excluding hydrogens is 489 g/mol. The molecule has 5 rings (SSSR count). The molecule has 6 nitrogen and oxygen atoms in total. The number of benzene rings is 1. The summed E-state index contributed by atoms with van der Waals surface area (Å²) in [5.74, 6) is 2.33. The number of amidine groups is 1. The van der Waals surface area contributed by atoms with Gasteiger partial charge in [-0.15, -0.1) is 0 Å². The number of fused-ring (bicyclic) bond motifs is 1. The molecule has 1 aromatic carbocycles. The summed E-state index contributed by atoms with van der Waals surface area (Å²) < 4.78 is 13.4. The van der Waals surface area contributed by atoms with Crippen LogP contribution in [0.15, 0.2) is 41.5 Å². The van der Waals surface area contributed by atoms with E-state index in [0.717, 1.165) is 80.9 Å². The summed E-state index contributed by atoms with van der Waals surface area (Å²) in [6, 6.07) is 9.61. The minimum Gasteiger partial charge on any atom is -0.357 e. The molecule has 1 atom stereocenters. The lowest BCUT2D eigenvalue weighted by Crippen LogP contribution is -2.51. The van der Waals surface area contributed by atoms with Crippen molar-refractivity contribution in [1.29, 1.82) is 0 Å². The third kappa shape index (κ3) is 5.47. The number of hydrogen-bond donors (Lipinski definition) is 0. The van der Waals surface area contributed by atoms with Crippen LogP contribution in [0.1, 0.15) is 57.4 Å². The molecule has 0 N–H and O–H groups in total. The Morgan fingerprint density at radius 3 is 2.57 bits per heavy atom. The van der Waals surface area contributed by atoms with Crippen LogP contribution in [0, 0.1) is 17.7 Å². The van der Waals surface area contributed by atoms with Crippen molar-refractivity contribution in [3.63, 3.8) is 0 Å². The SMILES string of the molecule is CCCC(C1CCN(c2ccc(F)cn2)CC1)N1/C(=N\C)CN(C(=O)C2CCC2)Cc2cc(Cl)ccc21. The second kappa shape index (κ2) is 11.4. The second-order valence-corrected chi connectivity index (χ2v) is 11.1. The van der Waals surface area contributed by atoms with E-state index in [9.17, 15) is 9.18 Å². The Hall–Kier alpha value is -2.67. The Morgan fingerprint density at radius 2 is 1.95 bits per heavy atom. The number of aliphatic imine (C=N–C) groups is 1.